The van der Waals surface area contributed by atoms with Gasteiger partial charge in [-0.15, -0.1) is 0 Å². The van der Waals surface area contributed by atoms with E-state index in [1.807, 2.05) is 0 Å². The van der Waals surface area contributed by atoms with Gasteiger partial charge in [0.2, 0.25) is 47.3 Å². The molecule has 2 aliphatic heterocycles. The fourth-order valence-electron chi connectivity index (χ4n) is 6.22. The number of aliphatic hydroxyl groups excluding tert-OH is 2. The molecule has 2 fully saturated rings. The quantitative estimate of drug-likeness (QED) is 0.138. The van der Waals surface area contributed by atoms with E-state index >= 15 is 0 Å². The maximum Gasteiger partial charge on any atom is 0.245 e. The molecule has 2 heterocycles. The minimum atomic E-state index is -1.72. The van der Waals surface area contributed by atoms with E-state index < -0.39 is 108 Å². The third-order valence-electron chi connectivity index (χ3n) is 9.24. The van der Waals surface area contributed by atoms with Crippen LogP contribution in [0.15, 0.2) is 24.3 Å². The fourth-order valence-corrected chi connectivity index (χ4v) is 6.22. The Balaban J connectivity index is 1.99. The molecule has 19 nitrogen and oxygen atoms in total. The van der Waals surface area contributed by atoms with Gasteiger partial charge in [-0.05, 0) is 70.6 Å². The highest BCUT2D eigenvalue weighted by molar-refractivity contribution is 5.98. The number of benzene rings is 1. The summed E-state index contributed by atoms with van der Waals surface area (Å²) in [5, 5.41) is 48.1. The molecule has 19 heteroatoms. The molecule has 2 aliphatic rings. The molecule has 0 aromatic heterocycles. The van der Waals surface area contributed by atoms with Crippen molar-refractivity contribution >= 4 is 47.3 Å². The molecule has 10 N–H and O–H groups in total. The maximum atomic E-state index is 13.6. The molecular weight excluding hydrogens is 720 g/mol. The van der Waals surface area contributed by atoms with Crippen molar-refractivity contribution in [1.82, 2.24) is 42.1 Å². The number of nitrogens with zero attached hydrogens (tertiary/aromatic N) is 1. The number of hydrogen-bond acceptors (Lipinski definition) is 11. The summed E-state index contributed by atoms with van der Waals surface area (Å²) in [7, 11) is 0. The van der Waals surface area contributed by atoms with E-state index in [1.54, 1.807) is 13.8 Å². The van der Waals surface area contributed by atoms with Crippen LogP contribution in [0.3, 0.4) is 0 Å². The van der Waals surface area contributed by atoms with Gasteiger partial charge in [0.15, 0.2) is 0 Å². The van der Waals surface area contributed by atoms with Crippen LogP contribution < -0.4 is 37.2 Å². The number of aromatic hydroxyl groups is 1. The number of nitrogens with one attached hydrogen (secondary N) is 7. The topological polar surface area (TPSA) is 285 Å². The molecule has 0 unspecified atom stereocenters. The lowest BCUT2D eigenvalue weighted by molar-refractivity contribution is -0.142. The summed E-state index contributed by atoms with van der Waals surface area (Å²) in [6.45, 7) is 8.34. The molecule has 0 aliphatic carbocycles. The van der Waals surface area contributed by atoms with Gasteiger partial charge in [-0.3, -0.25) is 38.4 Å². The number of amides is 8. The number of carbonyl (C=O) groups excluding carboxylic acids is 8. The van der Waals surface area contributed by atoms with Crippen molar-refractivity contribution in [3.05, 3.63) is 29.8 Å². The van der Waals surface area contributed by atoms with Gasteiger partial charge in [-0.1, -0.05) is 26.0 Å². The van der Waals surface area contributed by atoms with Crippen LogP contribution in [-0.4, -0.2) is 135 Å². The average Bonchev–Trinajstić information content (AvgIpc) is 3.61. The predicted octanol–water partition coefficient (Wildman–Crippen LogP) is -3.19. The lowest BCUT2D eigenvalue weighted by Gasteiger charge is -2.30. The predicted molar refractivity (Wildman–Crippen MR) is 195 cm³/mol. The summed E-state index contributed by atoms with van der Waals surface area (Å²) in [5.41, 5.74) is 0.478. The summed E-state index contributed by atoms with van der Waals surface area (Å²) >= 11 is 0. The Hall–Kier alpha value is -5.30. The molecule has 2 saturated heterocycles. The van der Waals surface area contributed by atoms with Crippen molar-refractivity contribution in [2.45, 2.75) is 122 Å². The van der Waals surface area contributed by atoms with Crippen molar-refractivity contribution in [3.63, 3.8) is 0 Å². The van der Waals surface area contributed by atoms with Gasteiger partial charge in [0.1, 0.15) is 48.0 Å². The highest BCUT2D eigenvalue weighted by atomic mass is 16.3. The van der Waals surface area contributed by atoms with Crippen LogP contribution in [0.5, 0.6) is 5.75 Å². The van der Waals surface area contributed by atoms with E-state index in [9.17, 15) is 53.7 Å². The number of rotatable bonds is 6. The van der Waals surface area contributed by atoms with Crippen molar-refractivity contribution in [3.8, 4) is 5.75 Å². The van der Waals surface area contributed by atoms with Crippen LogP contribution in [0.4, 0.5) is 0 Å². The molecule has 0 saturated carbocycles. The van der Waals surface area contributed by atoms with Crippen molar-refractivity contribution in [2.24, 2.45) is 5.92 Å². The van der Waals surface area contributed by atoms with Gasteiger partial charge in [-0.2, -0.15) is 0 Å². The molecule has 0 bridgehead atoms. The zero-order valence-electron chi connectivity index (χ0n) is 31.9. The van der Waals surface area contributed by atoms with Gasteiger partial charge in [-0.25, -0.2) is 0 Å². The molecule has 9 atom stereocenters. The van der Waals surface area contributed by atoms with Gasteiger partial charge < -0.3 is 57.4 Å². The Morgan fingerprint density at radius 3 is 1.82 bits per heavy atom. The number of carbonyl (C=O) groups is 8. The van der Waals surface area contributed by atoms with Gasteiger partial charge in [0.25, 0.3) is 0 Å². The standard InChI is InChI=1S/C36H54N8O11/c1-17(2)14-24-32(51)42-29(21(6)46)35(54)43-28(20(5)45)34(53)41-25(15-22-9-11-23(47)12-10-22)31(50)37-16-27(48)38-19(4)36(55)44-13-7-8-26(44)33(52)39-18(3)30(49)40-24/h9-12,17-21,24-26,28-29,45-47H,7-8,13-16H2,1-6H3,(H,37,50)(H,38,48)(H,39,52)(H,40,49)(H,41,53)(H,42,51)(H,43,54)/t18-,19-,20-,21-,24+,25-,26-,28-,29-/m0/s1. The number of phenolic OH excluding ortho intramolecular Hbond substituents is 1. The zero-order valence-corrected chi connectivity index (χ0v) is 31.9. The highest BCUT2D eigenvalue weighted by Crippen LogP contribution is 2.19. The number of hydrogen-bond donors (Lipinski definition) is 10. The summed E-state index contributed by atoms with van der Waals surface area (Å²) in [6, 6.07) is -3.58. The van der Waals surface area contributed by atoms with E-state index in [1.165, 1.54) is 56.9 Å². The second-order valence-electron chi connectivity index (χ2n) is 14.5. The zero-order chi connectivity index (χ0) is 41.1. The van der Waals surface area contributed by atoms with Crippen LogP contribution >= 0.6 is 0 Å². The van der Waals surface area contributed by atoms with Crippen LogP contribution in [0.2, 0.25) is 0 Å². The third-order valence-corrected chi connectivity index (χ3v) is 9.24. The Labute approximate surface area is 319 Å². The van der Waals surface area contributed by atoms with Gasteiger partial charge in [0.05, 0.1) is 18.8 Å². The van der Waals surface area contributed by atoms with Crippen molar-refractivity contribution < 1.29 is 53.7 Å². The van der Waals surface area contributed by atoms with E-state index in [2.05, 4.69) is 37.2 Å². The molecule has 55 heavy (non-hydrogen) atoms. The first-order valence-electron chi connectivity index (χ1n) is 18.3. The summed E-state index contributed by atoms with van der Waals surface area (Å²) in [4.78, 5) is 108. The average molecular weight is 775 g/mol. The number of aliphatic hydroxyl groups is 2. The highest BCUT2D eigenvalue weighted by Gasteiger charge is 2.39. The van der Waals surface area contributed by atoms with Crippen molar-refractivity contribution in [1.29, 1.82) is 0 Å². The molecule has 0 radical (unpaired) electrons. The Bertz CT molecular complexity index is 1590. The summed E-state index contributed by atoms with van der Waals surface area (Å²) in [5.74, 6) is -6.73. The molecule has 8 amide bonds. The minimum Gasteiger partial charge on any atom is -0.508 e. The third kappa shape index (κ3) is 12.6. The van der Waals surface area contributed by atoms with Gasteiger partial charge in [0, 0.05) is 13.0 Å². The van der Waals surface area contributed by atoms with Crippen LogP contribution in [0, 0.1) is 5.92 Å². The second kappa shape index (κ2) is 19.9. The second-order valence-corrected chi connectivity index (χ2v) is 14.5. The first-order chi connectivity index (χ1) is 25.8. The van der Waals surface area contributed by atoms with Crippen LogP contribution in [0.1, 0.15) is 66.4 Å². The van der Waals surface area contributed by atoms with Gasteiger partial charge >= 0.3 is 0 Å². The Kier molecular flexibility index (Phi) is 15.9. The lowest BCUT2D eigenvalue weighted by Crippen LogP contribution is -2.63. The van der Waals surface area contributed by atoms with Crippen molar-refractivity contribution in [2.75, 3.05) is 13.1 Å². The largest absolute Gasteiger partial charge is 0.508 e. The lowest BCUT2D eigenvalue weighted by atomic mass is 10.0. The Morgan fingerprint density at radius 1 is 0.673 bits per heavy atom. The maximum absolute atomic E-state index is 13.6. The first kappa shape index (κ1) is 44.1. The molecule has 0 spiro atoms. The molecule has 304 valence electrons. The summed E-state index contributed by atoms with van der Waals surface area (Å²) < 4.78 is 0. The minimum absolute atomic E-state index is 0.0590. The van der Waals surface area contributed by atoms with E-state index in [0.717, 1.165) is 0 Å². The fraction of sp³-hybridized carbons (Fsp3) is 0.611. The smallest absolute Gasteiger partial charge is 0.245 e. The van der Waals surface area contributed by atoms with E-state index in [-0.39, 0.29) is 37.5 Å². The Morgan fingerprint density at radius 2 is 1.24 bits per heavy atom. The number of fused-ring (bicyclic) bond motifs is 1. The molecule has 1 aromatic rings. The monoisotopic (exact) mass is 774 g/mol. The molecule has 3 rings (SSSR count). The normalized spacial score (nSPS) is 28.3. The SMILES string of the molecule is CC(C)C[C@H]1NC(=O)[C@H](C)NC(=O)[C@@H]2CCCN2C(=O)[C@H](C)NC(=O)CNC(=O)[C@H](Cc2ccc(O)cc2)NC(=O)[C@H]([C@H](C)O)NC(=O)[C@H]([C@H](C)O)NC1=O. The van der Waals surface area contributed by atoms with E-state index in [0.29, 0.717) is 12.0 Å². The van der Waals surface area contributed by atoms with Crippen LogP contribution in [-0.2, 0) is 44.8 Å². The molecular formula is C36H54N8O11. The number of phenols is 1. The first-order valence-corrected chi connectivity index (χ1v) is 18.3. The molecule has 1 aromatic carbocycles. The summed E-state index contributed by atoms with van der Waals surface area (Å²) in [6.07, 6.45) is -2.42. The van der Waals surface area contributed by atoms with E-state index in [4.69, 9.17) is 0 Å². The van der Waals surface area contributed by atoms with Crippen LogP contribution in [0.25, 0.3) is 0 Å².